The van der Waals surface area contributed by atoms with E-state index >= 15 is 0 Å². The summed E-state index contributed by atoms with van der Waals surface area (Å²) in [5.74, 6) is 0.293. The average Bonchev–Trinajstić information content (AvgIpc) is 3.10. The Morgan fingerprint density at radius 1 is 1.23 bits per heavy atom. The topological polar surface area (TPSA) is 66.3 Å². The third kappa shape index (κ3) is 5.26. The van der Waals surface area contributed by atoms with Crippen molar-refractivity contribution in [1.82, 2.24) is 29.9 Å². The van der Waals surface area contributed by atoms with Gasteiger partial charge in [0.25, 0.3) is 0 Å². The van der Waals surface area contributed by atoms with Crippen molar-refractivity contribution < 1.29 is 4.79 Å². The minimum absolute atomic E-state index is 0.101. The van der Waals surface area contributed by atoms with E-state index in [0.29, 0.717) is 12.6 Å². The second-order valence-corrected chi connectivity index (χ2v) is 8.83. The van der Waals surface area contributed by atoms with E-state index in [2.05, 4.69) is 31.3 Å². The summed E-state index contributed by atoms with van der Waals surface area (Å²) in [6.45, 7) is 7.80. The largest absolute Gasteiger partial charge is 0.352 e. The number of rotatable bonds is 6. The molecule has 1 amide bonds. The molecule has 2 aliphatic heterocycles. The molecule has 0 radical (unpaired) electrons. The van der Waals surface area contributed by atoms with Crippen LogP contribution < -0.4 is 5.32 Å². The predicted molar refractivity (Wildman–Crippen MR) is 117 cm³/mol. The highest BCUT2D eigenvalue weighted by Crippen LogP contribution is 2.25. The van der Waals surface area contributed by atoms with Crippen LogP contribution in [0.4, 0.5) is 0 Å². The molecule has 1 N–H and O–H groups in total. The fourth-order valence-electron chi connectivity index (χ4n) is 4.89. The fraction of sp³-hybridized carbons (Fsp3) is 0.609. The molecule has 2 saturated heterocycles. The second-order valence-electron chi connectivity index (χ2n) is 8.83. The number of aryl methyl sites for hydroxylation is 2. The molecule has 0 bridgehead atoms. The highest BCUT2D eigenvalue weighted by molar-refractivity contribution is 5.79. The number of hydrogen-bond acceptors (Lipinski definition) is 5. The molecule has 7 heteroatoms. The van der Waals surface area contributed by atoms with E-state index < -0.39 is 0 Å². The highest BCUT2D eigenvalue weighted by atomic mass is 16.1. The minimum Gasteiger partial charge on any atom is -0.352 e. The molecule has 2 fully saturated rings. The third-order valence-electron chi connectivity index (χ3n) is 6.59. The molecule has 0 spiro atoms. The molecule has 2 aromatic rings. The second kappa shape index (κ2) is 9.71. The monoisotopic (exact) mass is 410 g/mol. The van der Waals surface area contributed by atoms with E-state index in [1.807, 2.05) is 38.6 Å². The van der Waals surface area contributed by atoms with Gasteiger partial charge in [-0.1, -0.05) is 6.07 Å². The smallest absolute Gasteiger partial charge is 0.224 e. The van der Waals surface area contributed by atoms with Crippen molar-refractivity contribution in [1.29, 1.82) is 0 Å². The summed E-state index contributed by atoms with van der Waals surface area (Å²) >= 11 is 0. The lowest BCUT2D eigenvalue weighted by atomic mass is 9.93. The first-order valence-electron chi connectivity index (χ1n) is 11.2. The molecule has 1 unspecified atom stereocenters. The molecule has 0 aromatic carbocycles. The lowest BCUT2D eigenvalue weighted by Gasteiger charge is -2.42. The van der Waals surface area contributed by atoms with Crippen molar-refractivity contribution in [3.8, 4) is 0 Å². The molecular formula is C23H34N6O. The van der Waals surface area contributed by atoms with E-state index in [1.165, 1.54) is 18.4 Å². The van der Waals surface area contributed by atoms with Gasteiger partial charge in [0.2, 0.25) is 5.91 Å². The Morgan fingerprint density at radius 3 is 2.77 bits per heavy atom. The van der Waals surface area contributed by atoms with Crippen LogP contribution in [0.2, 0.25) is 0 Å². The number of likely N-dealkylation sites (tertiary alicyclic amines) is 2. The highest BCUT2D eigenvalue weighted by Gasteiger charge is 2.31. The number of carbonyl (C=O) groups excluding carboxylic acids is 1. The summed E-state index contributed by atoms with van der Waals surface area (Å²) < 4.78 is 1.81. The van der Waals surface area contributed by atoms with Crippen LogP contribution in [0.5, 0.6) is 0 Å². The molecule has 7 nitrogen and oxygen atoms in total. The van der Waals surface area contributed by atoms with Crippen molar-refractivity contribution in [2.24, 2.45) is 13.0 Å². The van der Waals surface area contributed by atoms with Crippen molar-refractivity contribution in [2.75, 3.05) is 26.2 Å². The van der Waals surface area contributed by atoms with Gasteiger partial charge in [-0.25, -0.2) is 0 Å². The zero-order chi connectivity index (χ0) is 20.9. The summed E-state index contributed by atoms with van der Waals surface area (Å²) in [6.07, 6.45) is 10.3. The average molecular weight is 411 g/mol. The van der Waals surface area contributed by atoms with Crippen LogP contribution in [0, 0.1) is 12.8 Å². The zero-order valence-corrected chi connectivity index (χ0v) is 18.3. The standard InChI is InChI=1S/C23H34N6O/c1-18-21(16-27(2)26-18)14-25-23(30)20-6-4-10-29(17-20)22-7-11-28(12-8-22)15-19-5-3-9-24-13-19/h3,5,9,13,16,20,22H,4,6-8,10-12,14-15,17H2,1-2H3,(H,25,30). The van der Waals surface area contributed by atoms with Crippen molar-refractivity contribution >= 4 is 5.91 Å². The Labute approximate surface area is 179 Å². The third-order valence-corrected chi connectivity index (χ3v) is 6.59. The molecule has 1 atom stereocenters. The van der Waals surface area contributed by atoms with Crippen LogP contribution >= 0.6 is 0 Å². The zero-order valence-electron chi connectivity index (χ0n) is 18.3. The maximum absolute atomic E-state index is 12.8. The summed E-state index contributed by atoms with van der Waals surface area (Å²) in [4.78, 5) is 22.1. The van der Waals surface area contributed by atoms with Gasteiger partial charge >= 0.3 is 0 Å². The molecule has 30 heavy (non-hydrogen) atoms. The number of nitrogens with zero attached hydrogens (tertiary/aromatic N) is 5. The van der Waals surface area contributed by atoms with Gasteiger partial charge < -0.3 is 5.32 Å². The van der Waals surface area contributed by atoms with Crippen molar-refractivity contribution in [3.63, 3.8) is 0 Å². The van der Waals surface area contributed by atoms with E-state index in [0.717, 1.165) is 56.8 Å². The lowest BCUT2D eigenvalue weighted by molar-refractivity contribution is -0.127. The first-order valence-corrected chi connectivity index (χ1v) is 11.2. The van der Waals surface area contributed by atoms with Crippen molar-refractivity contribution in [3.05, 3.63) is 47.5 Å². The summed E-state index contributed by atoms with van der Waals surface area (Å²) in [6, 6.07) is 4.77. The van der Waals surface area contributed by atoms with Crippen molar-refractivity contribution in [2.45, 2.75) is 51.7 Å². The minimum atomic E-state index is 0.101. The summed E-state index contributed by atoms with van der Waals surface area (Å²) in [5.41, 5.74) is 3.37. The number of hydrogen-bond donors (Lipinski definition) is 1. The van der Waals surface area contributed by atoms with Gasteiger partial charge in [0.1, 0.15) is 0 Å². The number of nitrogens with one attached hydrogen (secondary N) is 1. The van der Waals surface area contributed by atoms with Gasteiger partial charge in [-0.3, -0.25) is 24.3 Å². The van der Waals surface area contributed by atoms with Crippen LogP contribution in [0.1, 0.15) is 42.5 Å². The van der Waals surface area contributed by atoms with Crippen LogP contribution in [0.3, 0.4) is 0 Å². The Bertz CT molecular complexity index is 827. The Hall–Kier alpha value is -2.25. The molecule has 4 rings (SSSR count). The molecule has 2 aliphatic rings. The number of piperidine rings is 2. The van der Waals surface area contributed by atoms with Crippen LogP contribution in [0.25, 0.3) is 0 Å². The van der Waals surface area contributed by atoms with Crippen LogP contribution in [-0.4, -0.2) is 62.7 Å². The summed E-state index contributed by atoms with van der Waals surface area (Å²) in [5, 5.41) is 7.50. The molecular weight excluding hydrogens is 376 g/mol. The van der Waals surface area contributed by atoms with Gasteiger partial charge in [-0.05, 0) is 63.9 Å². The Kier molecular flexibility index (Phi) is 6.79. The fourth-order valence-corrected chi connectivity index (χ4v) is 4.89. The van der Waals surface area contributed by atoms with E-state index in [-0.39, 0.29) is 11.8 Å². The normalized spacial score (nSPS) is 21.6. The molecule has 0 saturated carbocycles. The quantitative estimate of drug-likeness (QED) is 0.790. The van der Waals surface area contributed by atoms with Gasteiger partial charge in [0, 0.05) is 56.9 Å². The maximum Gasteiger partial charge on any atom is 0.224 e. The van der Waals surface area contributed by atoms with Gasteiger partial charge in [0.15, 0.2) is 0 Å². The lowest BCUT2D eigenvalue weighted by Crippen LogP contribution is -2.50. The summed E-state index contributed by atoms with van der Waals surface area (Å²) in [7, 11) is 1.92. The van der Waals surface area contributed by atoms with Crippen LogP contribution in [-0.2, 0) is 24.9 Å². The van der Waals surface area contributed by atoms with Gasteiger partial charge in [-0.2, -0.15) is 5.10 Å². The first-order chi connectivity index (χ1) is 14.6. The number of carbonyl (C=O) groups is 1. The van der Waals surface area contributed by atoms with Gasteiger partial charge in [0.05, 0.1) is 11.6 Å². The molecule has 0 aliphatic carbocycles. The Morgan fingerprint density at radius 2 is 2.07 bits per heavy atom. The molecule has 2 aromatic heterocycles. The molecule has 4 heterocycles. The van der Waals surface area contributed by atoms with Crippen LogP contribution in [0.15, 0.2) is 30.7 Å². The van der Waals surface area contributed by atoms with E-state index in [1.54, 1.807) is 4.68 Å². The number of amides is 1. The maximum atomic E-state index is 12.8. The van der Waals surface area contributed by atoms with Gasteiger partial charge in [-0.15, -0.1) is 0 Å². The SMILES string of the molecule is Cc1nn(C)cc1CNC(=O)C1CCCN(C2CCN(Cc3cccnc3)CC2)C1. The Balaban J connectivity index is 1.24. The predicted octanol–water partition coefficient (Wildman–Crippen LogP) is 2.12. The first kappa shape index (κ1) is 21.0. The molecule has 162 valence electrons. The van der Waals surface area contributed by atoms with E-state index in [4.69, 9.17) is 0 Å². The number of aromatic nitrogens is 3. The van der Waals surface area contributed by atoms with E-state index in [9.17, 15) is 4.79 Å². The number of pyridine rings is 1.